The zero-order chi connectivity index (χ0) is 21.8. The van der Waals surface area contributed by atoms with E-state index in [0.717, 1.165) is 5.56 Å². The first-order chi connectivity index (χ1) is 14.3. The number of carbonyl (C=O) groups excluding carboxylic acids is 1. The van der Waals surface area contributed by atoms with Gasteiger partial charge in [0.05, 0.1) is 24.8 Å². The van der Waals surface area contributed by atoms with Crippen LogP contribution in [0.5, 0.6) is 17.2 Å². The van der Waals surface area contributed by atoms with Crippen LogP contribution in [0.3, 0.4) is 0 Å². The number of nitrogens with zero attached hydrogens (tertiary/aromatic N) is 1. The van der Waals surface area contributed by atoms with Crippen LogP contribution < -0.4 is 19.1 Å². The number of thioether (sulfide) groups is 1. The molecule has 0 bridgehead atoms. The molecular weight excluding hydrogens is 426 g/mol. The van der Waals surface area contributed by atoms with Crippen molar-refractivity contribution in [2.75, 3.05) is 19.1 Å². The first-order valence-electron chi connectivity index (χ1n) is 8.83. The summed E-state index contributed by atoms with van der Waals surface area (Å²) in [5, 5.41) is 8.92. The Bertz CT molecular complexity index is 1020. The number of methoxy groups -OCH3 is 2. The van der Waals surface area contributed by atoms with Crippen molar-refractivity contribution in [3.05, 3.63) is 52.9 Å². The van der Waals surface area contributed by atoms with E-state index in [4.69, 9.17) is 31.5 Å². The lowest BCUT2D eigenvalue weighted by atomic mass is 10.2. The molecular formula is C21H19NO6S2. The topological polar surface area (TPSA) is 85.3 Å². The highest BCUT2D eigenvalue weighted by molar-refractivity contribution is 8.27. The fourth-order valence-corrected chi connectivity index (χ4v) is 3.98. The van der Waals surface area contributed by atoms with E-state index < -0.39 is 12.1 Å². The normalized spacial score (nSPS) is 16.0. The average molecular weight is 446 g/mol. The number of anilines is 1. The highest BCUT2D eigenvalue weighted by atomic mass is 32.2. The van der Waals surface area contributed by atoms with Crippen LogP contribution in [0.1, 0.15) is 12.5 Å². The molecule has 1 aliphatic rings. The van der Waals surface area contributed by atoms with Crippen molar-refractivity contribution in [2.24, 2.45) is 0 Å². The third-order valence-corrected chi connectivity index (χ3v) is 5.56. The van der Waals surface area contributed by atoms with Crippen LogP contribution in [-0.2, 0) is 9.59 Å². The summed E-state index contributed by atoms with van der Waals surface area (Å²) in [7, 11) is 3.07. The quantitative estimate of drug-likeness (QED) is 0.506. The number of thiocarbonyl (C=S) groups is 1. The van der Waals surface area contributed by atoms with Crippen molar-refractivity contribution in [3.63, 3.8) is 0 Å². The van der Waals surface area contributed by atoms with Gasteiger partial charge in [0, 0.05) is 6.07 Å². The minimum atomic E-state index is -1.04. The highest BCUT2D eigenvalue weighted by Gasteiger charge is 2.35. The zero-order valence-corrected chi connectivity index (χ0v) is 18.1. The summed E-state index contributed by atoms with van der Waals surface area (Å²) >= 11 is 6.61. The number of carboxylic acids is 1. The second-order valence-corrected chi connectivity index (χ2v) is 7.90. The van der Waals surface area contributed by atoms with Crippen LogP contribution in [-0.4, -0.2) is 41.6 Å². The maximum Gasteiger partial charge on any atom is 0.344 e. The molecule has 1 N–H and O–H groups in total. The Morgan fingerprint density at radius 1 is 1.13 bits per heavy atom. The Morgan fingerprint density at radius 3 is 2.40 bits per heavy atom. The summed E-state index contributed by atoms with van der Waals surface area (Å²) in [4.78, 5) is 25.8. The molecule has 1 unspecified atom stereocenters. The number of benzene rings is 2. The van der Waals surface area contributed by atoms with Crippen LogP contribution >= 0.6 is 24.0 Å². The maximum atomic E-state index is 13.0. The van der Waals surface area contributed by atoms with E-state index in [0.29, 0.717) is 32.2 Å². The average Bonchev–Trinajstić information content (AvgIpc) is 3.01. The largest absolute Gasteiger partial charge is 0.497 e. The lowest BCUT2D eigenvalue weighted by Crippen LogP contribution is -2.27. The predicted octanol–water partition coefficient (Wildman–Crippen LogP) is 3.96. The molecule has 1 atom stereocenters. The molecule has 0 aliphatic carbocycles. The summed E-state index contributed by atoms with van der Waals surface area (Å²) in [6.07, 6.45) is 0.770. The van der Waals surface area contributed by atoms with E-state index in [9.17, 15) is 9.59 Å². The van der Waals surface area contributed by atoms with E-state index in [1.165, 1.54) is 30.7 Å². The minimum absolute atomic E-state index is 0.256. The molecule has 0 spiro atoms. The molecule has 156 valence electrons. The van der Waals surface area contributed by atoms with Crippen molar-refractivity contribution >= 4 is 51.9 Å². The molecule has 30 heavy (non-hydrogen) atoms. The molecule has 1 aliphatic heterocycles. The van der Waals surface area contributed by atoms with Crippen LogP contribution in [0.4, 0.5) is 5.69 Å². The van der Waals surface area contributed by atoms with Gasteiger partial charge in [0.2, 0.25) is 0 Å². The van der Waals surface area contributed by atoms with Crippen molar-refractivity contribution in [1.29, 1.82) is 0 Å². The summed E-state index contributed by atoms with van der Waals surface area (Å²) < 4.78 is 16.3. The lowest BCUT2D eigenvalue weighted by molar-refractivity contribution is -0.144. The molecule has 0 saturated carbocycles. The molecule has 1 heterocycles. The van der Waals surface area contributed by atoms with Crippen molar-refractivity contribution in [3.8, 4) is 17.2 Å². The van der Waals surface area contributed by atoms with Gasteiger partial charge in [-0.3, -0.25) is 9.69 Å². The van der Waals surface area contributed by atoms with E-state index in [-0.39, 0.29) is 5.91 Å². The second-order valence-electron chi connectivity index (χ2n) is 6.22. The van der Waals surface area contributed by atoms with Gasteiger partial charge < -0.3 is 19.3 Å². The molecule has 7 nitrogen and oxygen atoms in total. The van der Waals surface area contributed by atoms with Crippen LogP contribution in [0, 0.1) is 0 Å². The third kappa shape index (κ3) is 4.58. The first kappa shape index (κ1) is 21.7. The monoisotopic (exact) mass is 445 g/mol. The van der Waals surface area contributed by atoms with Gasteiger partial charge in [0.1, 0.15) is 17.2 Å². The summed E-state index contributed by atoms with van der Waals surface area (Å²) in [6, 6.07) is 11.9. The maximum absolute atomic E-state index is 13.0. The van der Waals surface area contributed by atoms with Gasteiger partial charge in [0.25, 0.3) is 5.91 Å². The van der Waals surface area contributed by atoms with Crippen LogP contribution in [0.15, 0.2) is 47.4 Å². The van der Waals surface area contributed by atoms with Crippen LogP contribution in [0.25, 0.3) is 6.08 Å². The molecule has 3 rings (SSSR count). The SMILES string of the molecule is COc1ccc(N2C(=O)/C(=C\c3ccc(OC(C)C(=O)O)cc3)SC2=S)c(OC)c1. The zero-order valence-electron chi connectivity index (χ0n) is 16.4. The minimum Gasteiger partial charge on any atom is -0.497 e. The number of amides is 1. The second kappa shape index (κ2) is 9.19. The Labute approximate surface area is 183 Å². The number of aliphatic carboxylic acids is 1. The Kier molecular flexibility index (Phi) is 6.63. The standard InChI is InChI=1S/C21H19NO6S2/c1-12(20(24)25)28-14-6-4-13(5-7-14)10-18-19(23)22(21(29)30-18)16-9-8-15(26-2)11-17(16)27-3/h4-12H,1-3H3,(H,24,25)/b18-10+. The number of carbonyl (C=O) groups is 2. The molecule has 2 aromatic carbocycles. The first-order valence-corrected chi connectivity index (χ1v) is 10.1. The molecule has 1 fully saturated rings. The number of carboxylic acid groups (broad SMARTS) is 1. The lowest BCUT2D eigenvalue weighted by Gasteiger charge is -2.18. The van der Waals surface area contributed by atoms with Gasteiger partial charge in [0.15, 0.2) is 10.4 Å². The molecule has 1 amide bonds. The Hall–Kier alpha value is -3.04. The predicted molar refractivity (Wildman–Crippen MR) is 119 cm³/mol. The molecule has 1 saturated heterocycles. The van der Waals surface area contributed by atoms with Gasteiger partial charge in [-0.15, -0.1) is 0 Å². The number of ether oxygens (including phenoxy) is 3. The molecule has 0 radical (unpaired) electrons. The van der Waals surface area contributed by atoms with Gasteiger partial charge in [-0.05, 0) is 42.8 Å². The highest BCUT2D eigenvalue weighted by Crippen LogP contribution is 2.41. The van der Waals surface area contributed by atoms with E-state index in [1.807, 2.05) is 0 Å². The van der Waals surface area contributed by atoms with Gasteiger partial charge in [-0.2, -0.15) is 0 Å². The smallest absolute Gasteiger partial charge is 0.344 e. The van der Waals surface area contributed by atoms with Gasteiger partial charge in [-0.1, -0.05) is 36.1 Å². The summed E-state index contributed by atoms with van der Waals surface area (Å²) in [6.45, 7) is 1.45. The van der Waals surface area contributed by atoms with Crippen molar-refractivity contribution < 1.29 is 28.9 Å². The molecule has 9 heteroatoms. The third-order valence-electron chi connectivity index (χ3n) is 4.26. The number of hydrogen-bond donors (Lipinski definition) is 1. The fraction of sp³-hybridized carbons (Fsp3) is 0.190. The summed E-state index contributed by atoms with van der Waals surface area (Å²) in [5.41, 5.74) is 1.29. The molecule has 2 aromatic rings. The number of hydrogen-bond acceptors (Lipinski definition) is 7. The molecule has 0 aromatic heterocycles. The van der Waals surface area contributed by atoms with Gasteiger partial charge in [-0.25, -0.2) is 4.79 Å². The van der Waals surface area contributed by atoms with Crippen molar-refractivity contribution in [1.82, 2.24) is 0 Å². The summed E-state index contributed by atoms with van der Waals surface area (Å²) in [5.74, 6) is 0.208. The van der Waals surface area contributed by atoms with E-state index in [1.54, 1.807) is 55.7 Å². The van der Waals surface area contributed by atoms with E-state index >= 15 is 0 Å². The number of rotatable bonds is 7. The van der Waals surface area contributed by atoms with Crippen LogP contribution in [0.2, 0.25) is 0 Å². The van der Waals surface area contributed by atoms with E-state index in [2.05, 4.69) is 0 Å². The fourth-order valence-electron chi connectivity index (χ4n) is 2.69. The Balaban J connectivity index is 1.82. The Morgan fingerprint density at radius 2 is 1.80 bits per heavy atom. The van der Waals surface area contributed by atoms with Crippen molar-refractivity contribution in [2.45, 2.75) is 13.0 Å². The van der Waals surface area contributed by atoms with Gasteiger partial charge >= 0.3 is 5.97 Å².